The molecule has 0 saturated carbocycles. The first-order valence-electron chi connectivity index (χ1n) is 7.58. The van der Waals surface area contributed by atoms with Crippen molar-refractivity contribution in [2.75, 3.05) is 13.7 Å². The predicted molar refractivity (Wildman–Crippen MR) is 91.6 cm³/mol. The van der Waals surface area contributed by atoms with Crippen LogP contribution in [0.4, 0.5) is 0 Å². The maximum absolute atomic E-state index is 12.3. The van der Waals surface area contributed by atoms with Crippen LogP contribution in [0.2, 0.25) is 0 Å². The van der Waals surface area contributed by atoms with Crippen LogP contribution in [0, 0.1) is 0 Å². The fourth-order valence-electron chi connectivity index (χ4n) is 2.37. The molecule has 0 unspecified atom stereocenters. The maximum Gasteiger partial charge on any atom is 0.326 e. The Hall–Kier alpha value is -2.87. The molecule has 0 radical (unpaired) electrons. The zero-order chi connectivity index (χ0) is 17.8. The number of furan rings is 1. The van der Waals surface area contributed by atoms with Crippen LogP contribution in [-0.2, 0) is 16.1 Å². The van der Waals surface area contributed by atoms with Crippen LogP contribution >= 0.6 is 11.3 Å². The standard InChI is InChI=1S/C17H16N2O5S/c1-3-23-14(20)10-19-15-11(22-2)6-4-8-13(15)25-17(19)18-16(21)12-7-5-9-24-12/h4-9H,3,10H2,1-2H3. The first-order chi connectivity index (χ1) is 12.1. The van der Waals surface area contributed by atoms with Crippen LogP contribution in [-0.4, -0.2) is 30.2 Å². The van der Waals surface area contributed by atoms with Gasteiger partial charge in [0.25, 0.3) is 0 Å². The van der Waals surface area contributed by atoms with Crippen LogP contribution in [0.25, 0.3) is 10.2 Å². The van der Waals surface area contributed by atoms with Gasteiger partial charge in [0.2, 0.25) is 0 Å². The second kappa shape index (κ2) is 7.35. The highest BCUT2D eigenvalue weighted by Crippen LogP contribution is 2.27. The molecule has 0 spiro atoms. The summed E-state index contributed by atoms with van der Waals surface area (Å²) in [7, 11) is 1.55. The quantitative estimate of drug-likeness (QED) is 0.653. The summed E-state index contributed by atoms with van der Waals surface area (Å²) in [5.74, 6) is -0.217. The van der Waals surface area contributed by atoms with E-state index >= 15 is 0 Å². The van der Waals surface area contributed by atoms with Crippen molar-refractivity contribution < 1.29 is 23.5 Å². The number of benzene rings is 1. The fourth-order valence-corrected chi connectivity index (χ4v) is 3.42. The van der Waals surface area contributed by atoms with Gasteiger partial charge < -0.3 is 18.5 Å². The highest BCUT2D eigenvalue weighted by atomic mass is 32.1. The number of esters is 1. The van der Waals surface area contributed by atoms with Crippen molar-refractivity contribution in [3.8, 4) is 5.75 Å². The SMILES string of the molecule is CCOC(=O)Cn1c(=NC(=O)c2ccco2)sc2cccc(OC)c21. The highest BCUT2D eigenvalue weighted by molar-refractivity contribution is 7.16. The molecule has 0 N–H and O–H groups in total. The molecule has 2 aromatic heterocycles. The highest BCUT2D eigenvalue weighted by Gasteiger charge is 2.16. The van der Waals surface area contributed by atoms with Crippen molar-refractivity contribution in [1.82, 2.24) is 4.57 Å². The molecule has 0 atom stereocenters. The lowest BCUT2D eigenvalue weighted by atomic mass is 10.3. The number of carbonyl (C=O) groups is 2. The van der Waals surface area contributed by atoms with Gasteiger partial charge >= 0.3 is 11.9 Å². The van der Waals surface area contributed by atoms with Crippen molar-refractivity contribution in [3.05, 3.63) is 47.2 Å². The topological polar surface area (TPSA) is 83.0 Å². The summed E-state index contributed by atoms with van der Waals surface area (Å²) in [6.45, 7) is 1.94. The smallest absolute Gasteiger partial charge is 0.326 e. The van der Waals surface area contributed by atoms with Crippen LogP contribution in [0.3, 0.4) is 0 Å². The minimum absolute atomic E-state index is 0.0710. The molecule has 3 aromatic rings. The number of para-hydroxylation sites is 1. The summed E-state index contributed by atoms with van der Waals surface area (Å²) in [6, 6.07) is 8.65. The molecule has 7 nitrogen and oxygen atoms in total. The van der Waals surface area contributed by atoms with E-state index in [2.05, 4.69) is 4.99 Å². The Morgan fingerprint density at radius 3 is 2.80 bits per heavy atom. The Labute approximate surface area is 147 Å². The molecule has 0 bridgehead atoms. The monoisotopic (exact) mass is 360 g/mol. The van der Waals surface area contributed by atoms with Gasteiger partial charge in [-0.25, -0.2) is 0 Å². The summed E-state index contributed by atoms with van der Waals surface area (Å²) < 4.78 is 18.0. The Morgan fingerprint density at radius 2 is 2.12 bits per heavy atom. The molecule has 0 aliphatic carbocycles. The van der Waals surface area contributed by atoms with Gasteiger partial charge in [-0.15, -0.1) is 0 Å². The summed E-state index contributed by atoms with van der Waals surface area (Å²) in [4.78, 5) is 28.7. The number of fused-ring (bicyclic) bond motifs is 1. The minimum atomic E-state index is -0.520. The van der Waals surface area contributed by atoms with E-state index in [4.69, 9.17) is 13.9 Å². The maximum atomic E-state index is 12.3. The van der Waals surface area contributed by atoms with Gasteiger partial charge in [0, 0.05) is 0 Å². The number of hydrogen-bond donors (Lipinski definition) is 0. The average Bonchev–Trinajstić information content (AvgIpc) is 3.24. The fraction of sp³-hybridized carbons (Fsp3) is 0.235. The van der Waals surface area contributed by atoms with E-state index in [0.29, 0.717) is 16.1 Å². The third-order valence-corrected chi connectivity index (χ3v) is 4.45. The van der Waals surface area contributed by atoms with Gasteiger partial charge in [-0.2, -0.15) is 4.99 Å². The molecule has 0 aliphatic rings. The molecule has 3 rings (SSSR count). The number of hydrogen-bond acceptors (Lipinski definition) is 6. The molecule has 25 heavy (non-hydrogen) atoms. The Kier molecular flexibility index (Phi) is 4.99. The average molecular weight is 360 g/mol. The van der Waals surface area contributed by atoms with E-state index in [1.807, 2.05) is 12.1 Å². The molecule has 2 heterocycles. The molecule has 0 saturated heterocycles. The van der Waals surface area contributed by atoms with Gasteiger partial charge in [-0.3, -0.25) is 9.59 Å². The normalized spacial score (nSPS) is 11.7. The number of ether oxygens (including phenoxy) is 2. The van der Waals surface area contributed by atoms with Gasteiger partial charge in [0.05, 0.1) is 24.7 Å². The number of amides is 1. The van der Waals surface area contributed by atoms with E-state index < -0.39 is 11.9 Å². The Bertz CT molecular complexity index is 969. The van der Waals surface area contributed by atoms with Gasteiger partial charge in [-0.1, -0.05) is 17.4 Å². The minimum Gasteiger partial charge on any atom is -0.495 e. The lowest BCUT2D eigenvalue weighted by Crippen LogP contribution is -2.23. The van der Waals surface area contributed by atoms with E-state index in [9.17, 15) is 9.59 Å². The summed E-state index contributed by atoms with van der Waals surface area (Å²) >= 11 is 1.29. The van der Waals surface area contributed by atoms with Crippen molar-refractivity contribution in [3.63, 3.8) is 0 Å². The van der Waals surface area contributed by atoms with E-state index in [0.717, 1.165) is 4.70 Å². The summed E-state index contributed by atoms with van der Waals surface area (Å²) in [5.41, 5.74) is 0.689. The van der Waals surface area contributed by atoms with E-state index in [1.54, 1.807) is 30.7 Å². The predicted octanol–water partition coefficient (Wildman–Crippen LogP) is 2.61. The van der Waals surface area contributed by atoms with E-state index in [1.165, 1.54) is 23.7 Å². The molecule has 8 heteroatoms. The lowest BCUT2D eigenvalue weighted by Gasteiger charge is -2.08. The van der Waals surface area contributed by atoms with Crippen molar-refractivity contribution >= 4 is 33.4 Å². The Balaban J connectivity index is 2.16. The summed E-state index contributed by atoms with van der Waals surface area (Å²) in [6.07, 6.45) is 1.41. The van der Waals surface area contributed by atoms with Crippen LogP contribution < -0.4 is 9.54 Å². The largest absolute Gasteiger partial charge is 0.495 e. The van der Waals surface area contributed by atoms with Crippen LogP contribution in [0.15, 0.2) is 46.0 Å². The molecule has 130 valence electrons. The number of thiazole rings is 1. The zero-order valence-corrected chi connectivity index (χ0v) is 14.5. The van der Waals surface area contributed by atoms with Gasteiger partial charge in [0.15, 0.2) is 10.6 Å². The molecular weight excluding hydrogens is 344 g/mol. The molecule has 0 fully saturated rings. The number of carbonyl (C=O) groups excluding carboxylic acids is 2. The van der Waals surface area contributed by atoms with Gasteiger partial charge in [-0.05, 0) is 31.2 Å². The molecule has 0 aliphatic heterocycles. The number of methoxy groups -OCH3 is 1. The molecule has 1 aromatic carbocycles. The number of aromatic nitrogens is 1. The second-order valence-electron chi connectivity index (χ2n) is 4.98. The number of nitrogens with zero attached hydrogens (tertiary/aromatic N) is 2. The van der Waals surface area contributed by atoms with Crippen LogP contribution in [0.5, 0.6) is 5.75 Å². The van der Waals surface area contributed by atoms with E-state index in [-0.39, 0.29) is 18.9 Å². The zero-order valence-electron chi connectivity index (χ0n) is 13.7. The number of rotatable bonds is 5. The van der Waals surface area contributed by atoms with Crippen LogP contribution in [0.1, 0.15) is 17.5 Å². The summed E-state index contributed by atoms with van der Waals surface area (Å²) in [5, 5.41) is 0. The molecular formula is C17H16N2O5S. The van der Waals surface area contributed by atoms with Gasteiger partial charge in [0.1, 0.15) is 17.8 Å². The second-order valence-corrected chi connectivity index (χ2v) is 5.99. The third kappa shape index (κ3) is 3.48. The van der Waals surface area contributed by atoms with Crippen molar-refractivity contribution in [2.24, 2.45) is 4.99 Å². The third-order valence-electron chi connectivity index (χ3n) is 3.41. The Morgan fingerprint density at radius 1 is 1.28 bits per heavy atom. The lowest BCUT2D eigenvalue weighted by molar-refractivity contribution is -0.143. The molecule has 1 amide bonds. The van der Waals surface area contributed by atoms with Crippen molar-refractivity contribution in [1.29, 1.82) is 0 Å². The first kappa shape index (κ1) is 17.0. The first-order valence-corrected chi connectivity index (χ1v) is 8.40. The van der Waals surface area contributed by atoms with Crippen molar-refractivity contribution in [2.45, 2.75) is 13.5 Å².